The van der Waals surface area contributed by atoms with Gasteiger partial charge in [-0.3, -0.25) is 4.79 Å². The monoisotopic (exact) mass is 390 g/mol. The zero-order chi connectivity index (χ0) is 19.2. The van der Waals surface area contributed by atoms with Crippen LogP contribution in [0.3, 0.4) is 0 Å². The molecule has 5 rings (SSSR count). The van der Waals surface area contributed by atoms with E-state index in [2.05, 4.69) is 12.2 Å². The van der Waals surface area contributed by atoms with E-state index >= 15 is 0 Å². The number of amides is 1. The summed E-state index contributed by atoms with van der Waals surface area (Å²) in [5, 5.41) is 8.40. The Labute approximate surface area is 162 Å². The third kappa shape index (κ3) is 3.92. The van der Waals surface area contributed by atoms with Crippen LogP contribution < -0.4 is 10.5 Å². The van der Waals surface area contributed by atoms with Crippen molar-refractivity contribution >= 4 is 15.9 Å². The number of hydrogen-bond donors (Lipinski definition) is 2. The van der Waals surface area contributed by atoms with Crippen molar-refractivity contribution in [3.8, 4) is 0 Å². The third-order valence-corrected chi connectivity index (χ3v) is 8.20. The first-order chi connectivity index (χ1) is 12.7. The van der Waals surface area contributed by atoms with E-state index in [-0.39, 0.29) is 16.8 Å². The second-order valence-electron chi connectivity index (χ2n) is 9.26. The quantitative estimate of drug-likeness (QED) is 0.782. The van der Waals surface area contributed by atoms with Crippen LogP contribution in [0.4, 0.5) is 0 Å². The van der Waals surface area contributed by atoms with Crippen LogP contribution >= 0.6 is 0 Å². The van der Waals surface area contributed by atoms with E-state index in [1.54, 1.807) is 12.1 Å². The molecular weight excluding hydrogens is 360 g/mol. The van der Waals surface area contributed by atoms with Gasteiger partial charge >= 0.3 is 0 Å². The van der Waals surface area contributed by atoms with Crippen LogP contribution in [-0.2, 0) is 21.2 Å². The molecule has 3 N–H and O–H groups in total. The Morgan fingerprint density at radius 1 is 1.11 bits per heavy atom. The van der Waals surface area contributed by atoms with Gasteiger partial charge < -0.3 is 5.32 Å². The molecule has 5 nitrogen and oxygen atoms in total. The summed E-state index contributed by atoms with van der Waals surface area (Å²) in [5.74, 6) is 2.74. The molecular formula is C21H30N2O3S. The number of aryl methyl sites for hydroxylation is 1. The van der Waals surface area contributed by atoms with Crippen molar-refractivity contribution in [2.24, 2.45) is 28.3 Å². The Kier molecular flexibility index (Phi) is 4.83. The largest absolute Gasteiger partial charge is 0.353 e. The lowest BCUT2D eigenvalue weighted by atomic mass is 9.48. The highest BCUT2D eigenvalue weighted by Crippen LogP contribution is 2.61. The summed E-state index contributed by atoms with van der Waals surface area (Å²) in [6.45, 7) is 2.20. The van der Waals surface area contributed by atoms with Crippen LogP contribution in [0.15, 0.2) is 29.2 Å². The molecule has 0 heterocycles. The average molecular weight is 391 g/mol. The van der Waals surface area contributed by atoms with Crippen molar-refractivity contribution in [1.82, 2.24) is 5.32 Å². The number of carbonyl (C=O) groups is 1. The molecule has 1 aromatic rings. The van der Waals surface area contributed by atoms with Crippen LogP contribution in [0.2, 0.25) is 0 Å². The van der Waals surface area contributed by atoms with Gasteiger partial charge in [0.05, 0.1) is 4.90 Å². The predicted octanol–water partition coefficient (Wildman–Crippen LogP) is 2.99. The van der Waals surface area contributed by atoms with Gasteiger partial charge in [-0.05, 0) is 92.7 Å². The number of nitrogens with one attached hydrogen (secondary N) is 1. The normalized spacial score (nSPS) is 33.0. The van der Waals surface area contributed by atoms with E-state index in [1.165, 1.54) is 50.7 Å². The zero-order valence-corrected chi connectivity index (χ0v) is 16.8. The minimum atomic E-state index is -3.67. The van der Waals surface area contributed by atoms with Gasteiger partial charge in [0.25, 0.3) is 0 Å². The first-order valence-corrected chi connectivity index (χ1v) is 11.7. The second kappa shape index (κ2) is 6.89. The summed E-state index contributed by atoms with van der Waals surface area (Å²) in [5.41, 5.74) is 1.27. The van der Waals surface area contributed by atoms with E-state index in [0.717, 1.165) is 23.3 Å². The van der Waals surface area contributed by atoms with Crippen LogP contribution in [-0.4, -0.2) is 20.4 Å². The lowest BCUT2D eigenvalue weighted by Crippen LogP contribution is -2.55. The maximum atomic E-state index is 12.5. The van der Waals surface area contributed by atoms with Gasteiger partial charge in [0.1, 0.15) is 0 Å². The zero-order valence-electron chi connectivity index (χ0n) is 16.0. The second-order valence-corrected chi connectivity index (χ2v) is 10.8. The van der Waals surface area contributed by atoms with E-state index in [4.69, 9.17) is 5.14 Å². The Bertz CT molecular complexity index is 781. The molecule has 0 radical (unpaired) electrons. The van der Waals surface area contributed by atoms with Gasteiger partial charge in [0, 0.05) is 12.5 Å². The van der Waals surface area contributed by atoms with Crippen molar-refractivity contribution in [3.63, 3.8) is 0 Å². The molecule has 4 aliphatic rings. The highest BCUT2D eigenvalue weighted by atomic mass is 32.2. The van der Waals surface area contributed by atoms with Crippen LogP contribution in [0.5, 0.6) is 0 Å². The van der Waals surface area contributed by atoms with Gasteiger partial charge in [0.15, 0.2) is 0 Å². The van der Waals surface area contributed by atoms with E-state index in [9.17, 15) is 13.2 Å². The van der Waals surface area contributed by atoms with E-state index < -0.39 is 10.0 Å². The van der Waals surface area contributed by atoms with Crippen molar-refractivity contribution in [1.29, 1.82) is 0 Å². The highest BCUT2D eigenvalue weighted by Gasteiger charge is 2.53. The molecule has 4 fully saturated rings. The molecule has 4 saturated carbocycles. The van der Waals surface area contributed by atoms with E-state index in [0.29, 0.717) is 18.3 Å². The number of sulfonamides is 1. The third-order valence-electron chi connectivity index (χ3n) is 7.27. The summed E-state index contributed by atoms with van der Waals surface area (Å²) in [7, 11) is -3.67. The molecule has 0 saturated heterocycles. The first kappa shape index (κ1) is 18.9. The molecule has 148 valence electrons. The summed E-state index contributed by atoms with van der Waals surface area (Å²) >= 11 is 0. The van der Waals surface area contributed by atoms with Gasteiger partial charge in [0.2, 0.25) is 15.9 Å². The van der Waals surface area contributed by atoms with Crippen molar-refractivity contribution in [2.75, 3.05) is 0 Å². The average Bonchev–Trinajstić information content (AvgIpc) is 2.58. The Balaban J connectivity index is 1.32. The summed E-state index contributed by atoms with van der Waals surface area (Å²) in [4.78, 5) is 12.6. The Morgan fingerprint density at radius 3 is 2.11 bits per heavy atom. The molecule has 0 aliphatic heterocycles. The SMILES string of the molecule is C[C@H](NC(=O)CCc1ccc(S(N)(=O)=O)cc1)C12CC3CC(CC(C3)C1)C2. The lowest BCUT2D eigenvalue weighted by Gasteiger charge is -2.59. The summed E-state index contributed by atoms with van der Waals surface area (Å²) < 4.78 is 22.6. The molecule has 1 atom stereocenters. The van der Waals surface area contributed by atoms with Gasteiger partial charge in [-0.2, -0.15) is 0 Å². The number of primary sulfonamides is 1. The number of carbonyl (C=O) groups excluding carboxylic acids is 1. The predicted molar refractivity (Wildman–Crippen MR) is 104 cm³/mol. The molecule has 0 unspecified atom stereocenters. The van der Waals surface area contributed by atoms with Crippen LogP contribution in [0.1, 0.15) is 57.4 Å². The highest BCUT2D eigenvalue weighted by molar-refractivity contribution is 7.89. The van der Waals surface area contributed by atoms with E-state index in [1.807, 2.05) is 0 Å². The molecule has 0 spiro atoms. The molecule has 27 heavy (non-hydrogen) atoms. The molecule has 4 bridgehead atoms. The number of nitrogens with two attached hydrogens (primary N) is 1. The van der Waals surface area contributed by atoms with Gasteiger partial charge in [-0.15, -0.1) is 0 Å². The van der Waals surface area contributed by atoms with Crippen molar-refractivity contribution in [3.05, 3.63) is 29.8 Å². The topological polar surface area (TPSA) is 89.3 Å². The van der Waals surface area contributed by atoms with Crippen LogP contribution in [0.25, 0.3) is 0 Å². The van der Waals surface area contributed by atoms with Gasteiger partial charge in [-0.25, -0.2) is 13.6 Å². The first-order valence-electron chi connectivity index (χ1n) is 10.1. The maximum absolute atomic E-state index is 12.5. The maximum Gasteiger partial charge on any atom is 0.238 e. The fraction of sp³-hybridized carbons (Fsp3) is 0.667. The fourth-order valence-electron chi connectivity index (χ4n) is 6.28. The minimum Gasteiger partial charge on any atom is -0.353 e. The minimum absolute atomic E-state index is 0.0915. The van der Waals surface area contributed by atoms with Crippen LogP contribution in [0, 0.1) is 23.2 Å². The molecule has 4 aliphatic carbocycles. The molecule has 1 aromatic carbocycles. The number of benzene rings is 1. The molecule has 0 aromatic heterocycles. The summed E-state index contributed by atoms with van der Waals surface area (Å²) in [6.07, 6.45) is 9.12. The fourth-order valence-corrected chi connectivity index (χ4v) is 6.79. The Hall–Kier alpha value is -1.40. The van der Waals surface area contributed by atoms with Gasteiger partial charge in [-0.1, -0.05) is 12.1 Å². The number of rotatable bonds is 6. The lowest BCUT2D eigenvalue weighted by molar-refractivity contribution is -0.125. The Morgan fingerprint density at radius 2 is 1.63 bits per heavy atom. The van der Waals surface area contributed by atoms with Crippen molar-refractivity contribution in [2.45, 2.75) is 69.2 Å². The standard InChI is InChI=1S/C21H30N2O3S/c1-14(21-11-16-8-17(12-21)10-18(9-16)13-21)23-20(24)7-4-15-2-5-19(6-3-15)27(22,25)26/h2-3,5-6,14,16-18H,4,7-13H2,1H3,(H,23,24)(H2,22,25,26)/t14-,16?,17?,18?,21?/m0/s1. The number of hydrogen-bond acceptors (Lipinski definition) is 3. The summed E-state index contributed by atoms with van der Waals surface area (Å²) in [6, 6.07) is 6.70. The van der Waals surface area contributed by atoms with Crippen molar-refractivity contribution < 1.29 is 13.2 Å². The smallest absolute Gasteiger partial charge is 0.238 e. The molecule has 1 amide bonds. The molecule has 6 heteroatoms.